The van der Waals surface area contributed by atoms with Crippen molar-refractivity contribution in [3.8, 4) is 5.75 Å². The first-order chi connectivity index (χ1) is 10.6. The Morgan fingerprint density at radius 1 is 1.23 bits per heavy atom. The van der Waals surface area contributed by atoms with Gasteiger partial charge in [0.15, 0.2) is 0 Å². The van der Waals surface area contributed by atoms with Gasteiger partial charge < -0.3 is 15.0 Å². The summed E-state index contributed by atoms with van der Waals surface area (Å²) in [6.07, 6.45) is 0. The number of ether oxygens (including phenoxy) is 1. The third kappa shape index (κ3) is 4.15. The van der Waals surface area contributed by atoms with E-state index in [2.05, 4.69) is 5.32 Å². The van der Waals surface area contributed by atoms with E-state index in [1.165, 1.54) is 0 Å². The van der Waals surface area contributed by atoms with Crippen LogP contribution in [0.2, 0.25) is 5.02 Å². The Kier molecular flexibility index (Phi) is 5.67. The monoisotopic (exact) mass is 318 g/mol. The van der Waals surface area contributed by atoms with Crippen molar-refractivity contribution >= 4 is 28.9 Å². The molecule has 0 bridgehead atoms. The lowest BCUT2D eigenvalue weighted by Gasteiger charge is -2.22. The number of rotatable bonds is 6. The maximum atomic E-state index is 12.3. The lowest BCUT2D eigenvalue weighted by atomic mass is 10.2. The first-order valence-corrected chi connectivity index (χ1v) is 7.45. The Hall–Kier alpha value is -2.20. The van der Waals surface area contributed by atoms with Crippen LogP contribution in [0.5, 0.6) is 5.75 Å². The summed E-state index contributed by atoms with van der Waals surface area (Å²) in [6, 6.07) is 15.0. The van der Waals surface area contributed by atoms with E-state index >= 15 is 0 Å². The number of para-hydroxylation sites is 1. The smallest absolute Gasteiger partial charge is 0.243 e. The molecule has 0 aliphatic carbocycles. The van der Waals surface area contributed by atoms with Gasteiger partial charge in [0.25, 0.3) is 0 Å². The minimum Gasteiger partial charge on any atom is -0.495 e. The number of carbonyl (C=O) groups excluding carboxylic acids is 1. The molecule has 4 nitrogen and oxygen atoms in total. The van der Waals surface area contributed by atoms with E-state index in [4.69, 9.17) is 16.3 Å². The number of likely N-dealkylation sites (N-methyl/N-ethyl adjacent to an activating group) is 1. The molecule has 0 saturated carbocycles. The summed E-state index contributed by atoms with van der Waals surface area (Å²) in [5.74, 6) is 0.465. The largest absolute Gasteiger partial charge is 0.495 e. The first kappa shape index (κ1) is 16.2. The van der Waals surface area contributed by atoms with Gasteiger partial charge in [0.05, 0.1) is 19.3 Å². The molecule has 0 aliphatic rings. The molecule has 0 spiro atoms. The Labute approximate surface area is 135 Å². The third-order valence-corrected chi connectivity index (χ3v) is 3.51. The zero-order valence-corrected chi connectivity index (χ0v) is 13.4. The molecule has 2 aromatic carbocycles. The molecule has 0 unspecified atom stereocenters. The van der Waals surface area contributed by atoms with Gasteiger partial charge in [-0.15, -0.1) is 0 Å². The van der Waals surface area contributed by atoms with Gasteiger partial charge in [-0.25, -0.2) is 0 Å². The van der Waals surface area contributed by atoms with E-state index in [0.29, 0.717) is 16.5 Å². The second-order valence-corrected chi connectivity index (χ2v) is 5.18. The number of methoxy groups -OCH3 is 1. The van der Waals surface area contributed by atoms with Crippen LogP contribution in [0.25, 0.3) is 0 Å². The Bertz CT molecular complexity index is 632. The summed E-state index contributed by atoms with van der Waals surface area (Å²) in [5.41, 5.74) is 1.59. The van der Waals surface area contributed by atoms with Crippen LogP contribution in [-0.4, -0.2) is 26.1 Å². The quantitative estimate of drug-likeness (QED) is 0.880. The molecule has 2 aromatic rings. The molecule has 1 amide bonds. The van der Waals surface area contributed by atoms with Gasteiger partial charge in [0, 0.05) is 17.3 Å². The maximum Gasteiger partial charge on any atom is 0.243 e. The summed E-state index contributed by atoms with van der Waals surface area (Å²) < 4.78 is 5.23. The predicted octanol–water partition coefficient (Wildman–Crippen LogP) is 3.81. The van der Waals surface area contributed by atoms with Crippen molar-refractivity contribution in [2.45, 2.75) is 6.92 Å². The first-order valence-electron chi connectivity index (χ1n) is 7.07. The Morgan fingerprint density at radius 2 is 1.95 bits per heavy atom. The number of carbonyl (C=O) groups is 1. The number of nitrogens with zero attached hydrogens (tertiary/aromatic N) is 1. The lowest BCUT2D eigenvalue weighted by Crippen LogP contribution is -2.33. The maximum absolute atomic E-state index is 12.3. The highest BCUT2D eigenvalue weighted by molar-refractivity contribution is 6.31. The van der Waals surface area contributed by atoms with Crippen LogP contribution in [0.15, 0.2) is 48.5 Å². The molecule has 0 radical (unpaired) electrons. The van der Waals surface area contributed by atoms with Crippen LogP contribution >= 0.6 is 11.6 Å². The van der Waals surface area contributed by atoms with E-state index < -0.39 is 0 Å². The molecule has 116 valence electrons. The molecule has 2 rings (SSSR count). The molecular weight excluding hydrogens is 300 g/mol. The average Bonchev–Trinajstić information content (AvgIpc) is 2.53. The van der Waals surface area contributed by atoms with E-state index in [1.54, 1.807) is 25.3 Å². The summed E-state index contributed by atoms with van der Waals surface area (Å²) in [4.78, 5) is 14.3. The molecule has 0 aromatic heterocycles. The molecular formula is C17H19ClN2O2. The second kappa shape index (κ2) is 7.71. The average molecular weight is 319 g/mol. The van der Waals surface area contributed by atoms with E-state index in [0.717, 1.165) is 12.2 Å². The van der Waals surface area contributed by atoms with Crippen molar-refractivity contribution in [3.05, 3.63) is 53.6 Å². The Balaban J connectivity index is 2.08. The molecule has 22 heavy (non-hydrogen) atoms. The van der Waals surface area contributed by atoms with Crippen LogP contribution in [0.4, 0.5) is 11.4 Å². The minimum absolute atomic E-state index is 0.119. The highest BCUT2D eigenvalue weighted by atomic mass is 35.5. The zero-order chi connectivity index (χ0) is 15.9. The molecule has 1 N–H and O–H groups in total. The van der Waals surface area contributed by atoms with Crippen LogP contribution in [0, 0.1) is 0 Å². The van der Waals surface area contributed by atoms with Crippen molar-refractivity contribution in [2.75, 3.05) is 30.4 Å². The summed E-state index contributed by atoms with van der Waals surface area (Å²) in [7, 11) is 1.56. The van der Waals surface area contributed by atoms with Gasteiger partial charge in [-0.05, 0) is 37.3 Å². The molecule has 0 heterocycles. The zero-order valence-electron chi connectivity index (χ0n) is 12.7. The molecule has 0 aliphatic heterocycles. The fraction of sp³-hybridized carbons (Fsp3) is 0.235. The van der Waals surface area contributed by atoms with Crippen molar-refractivity contribution in [2.24, 2.45) is 0 Å². The van der Waals surface area contributed by atoms with Gasteiger partial charge in [-0.1, -0.05) is 29.8 Å². The predicted molar refractivity (Wildman–Crippen MR) is 91.0 cm³/mol. The van der Waals surface area contributed by atoms with E-state index in [-0.39, 0.29) is 12.5 Å². The lowest BCUT2D eigenvalue weighted by molar-refractivity contribution is -0.115. The number of hydrogen-bond donors (Lipinski definition) is 1. The summed E-state index contributed by atoms with van der Waals surface area (Å²) in [6.45, 7) is 3.01. The van der Waals surface area contributed by atoms with Crippen LogP contribution in [0.1, 0.15) is 6.92 Å². The fourth-order valence-corrected chi connectivity index (χ4v) is 2.34. The molecule has 0 atom stereocenters. The SMILES string of the molecule is CCN(CC(=O)Nc1cc(Cl)ccc1OC)c1ccccc1. The van der Waals surface area contributed by atoms with Gasteiger partial charge in [-0.2, -0.15) is 0 Å². The van der Waals surface area contributed by atoms with Crippen molar-refractivity contribution < 1.29 is 9.53 Å². The van der Waals surface area contributed by atoms with Gasteiger partial charge in [0.2, 0.25) is 5.91 Å². The molecule has 5 heteroatoms. The fourth-order valence-electron chi connectivity index (χ4n) is 2.17. The third-order valence-electron chi connectivity index (χ3n) is 3.27. The number of halogens is 1. The minimum atomic E-state index is -0.119. The number of hydrogen-bond acceptors (Lipinski definition) is 3. The molecule has 0 fully saturated rings. The standard InChI is InChI=1S/C17H19ClN2O2/c1-3-20(14-7-5-4-6-8-14)12-17(21)19-15-11-13(18)9-10-16(15)22-2/h4-11H,3,12H2,1-2H3,(H,19,21). The highest BCUT2D eigenvalue weighted by Crippen LogP contribution is 2.27. The number of benzene rings is 2. The topological polar surface area (TPSA) is 41.6 Å². The van der Waals surface area contributed by atoms with Gasteiger partial charge in [-0.3, -0.25) is 4.79 Å². The van der Waals surface area contributed by atoms with Crippen LogP contribution < -0.4 is 15.0 Å². The molecule has 0 saturated heterocycles. The van der Waals surface area contributed by atoms with E-state index in [1.807, 2.05) is 42.2 Å². The summed E-state index contributed by atoms with van der Waals surface area (Å²) in [5, 5.41) is 3.39. The second-order valence-electron chi connectivity index (χ2n) is 4.74. The normalized spacial score (nSPS) is 10.1. The van der Waals surface area contributed by atoms with Crippen molar-refractivity contribution in [3.63, 3.8) is 0 Å². The van der Waals surface area contributed by atoms with Gasteiger partial charge in [0.1, 0.15) is 5.75 Å². The number of anilines is 2. The van der Waals surface area contributed by atoms with Gasteiger partial charge >= 0.3 is 0 Å². The van der Waals surface area contributed by atoms with Crippen LogP contribution in [-0.2, 0) is 4.79 Å². The van der Waals surface area contributed by atoms with Crippen molar-refractivity contribution in [1.82, 2.24) is 0 Å². The Morgan fingerprint density at radius 3 is 2.59 bits per heavy atom. The van der Waals surface area contributed by atoms with Crippen LogP contribution in [0.3, 0.4) is 0 Å². The van der Waals surface area contributed by atoms with E-state index in [9.17, 15) is 4.79 Å². The van der Waals surface area contributed by atoms with Crippen molar-refractivity contribution in [1.29, 1.82) is 0 Å². The highest BCUT2D eigenvalue weighted by Gasteiger charge is 2.12. The summed E-state index contributed by atoms with van der Waals surface area (Å²) >= 11 is 5.97. The number of nitrogens with one attached hydrogen (secondary N) is 1. The number of amides is 1.